The standard InChI is InChI=1S/C19H18N2O3S2/c1-21(26(2,23)24)18-9-8-15(16-10-11-25-13-16)12-17(18)20-19(22)14-6-4-3-5-7-14/h3-13H,1-2H3,(H,20,22). The second-order valence-corrected chi connectivity index (χ2v) is 8.59. The first kappa shape index (κ1) is 18.2. The molecule has 0 saturated heterocycles. The van der Waals surface area contributed by atoms with Gasteiger partial charge in [-0.15, -0.1) is 0 Å². The first-order valence-corrected chi connectivity index (χ1v) is 10.6. The van der Waals surface area contributed by atoms with Crippen molar-refractivity contribution >= 4 is 38.6 Å². The van der Waals surface area contributed by atoms with Gasteiger partial charge in [-0.2, -0.15) is 11.3 Å². The van der Waals surface area contributed by atoms with Crippen LogP contribution in [0.2, 0.25) is 0 Å². The van der Waals surface area contributed by atoms with Crippen LogP contribution >= 0.6 is 11.3 Å². The molecule has 0 fully saturated rings. The predicted molar refractivity (Wildman–Crippen MR) is 107 cm³/mol. The van der Waals surface area contributed by atoms with E-state index in [0.717, 1.165) is 21.7 Å². The number of amides is 1. The highest BCUT2D eigenvalue weighted by Crippen LogP contribution is 2.33. The van der Waals surface area contributed by atoms with Gasteiger partial charge in [-0.25, -0.2) is 8.42 Å². The molecule has 1 N–H and O–H groups in total. The Hall–Kier alpha value is -2.64. The number of nitrogens with one attached hydrogen (secondary N) is 1. The Morgan fingerprint density at radius 1 is 1.04 bits per heavy atom. The highest BCUT2D eigenvalue weighted by Gasteiger charge is 2.18. The van der Waals surface area contributed by atoms with E-state index in [-0.39, 0.29) is 5.91 Å². The lowest BCUT2D eigenvalue weighted by Gasteiger charge is -2.21. The number of rotatable bonds is 5. The van der Waals surface area contributed by atoms with Gasteiger partial charge in [0.15, 0.2) is 0 Å². The maximum Gasteiger partial charge on any atom is 0.255 e. The van der Waals surface area contributed by atoms with Gasteiger partial charge in [0, 0.05) is 12.6 Å². The van der Waals surface area contributed by atoms with Crippen molar-refractivity contribution in [3.05, 3.63) is 70.9 Å². The third-order valence-corrected chi connectivity index (χ3v) is 5.85. The molecule has 0 unspecified atom stereocenters. The molecule has 0 aliphatic heterocycles. The zero-order valence-corrected chi connectivity index (χ0v) is 16.0. The van der Waals surface area contributed by atoms with Crippen molar-refractivity contribution in [3.63, 3.8) is 0 Å². The van der Waals surface area contributed by atoms with Crippen LogP contribution in [0.5, 0.6) is 0 Å². The summed E-state index contributed by atoms with van der Waals surface area (Å²) in [7, 11) is -2.00. The molecule has 2 aromatic carbocycles. The number of carbonyl (C=O) groups is 1. The summed E-state index contributed by atoms with van der Waals surface area (Å²) in [5.74, 6) is -0.295. The van der Waals surface area contributed by atoms with Gasteiger partial charge < -0.3 is 5.32 Å². The van der Waals surface area contributed by atoms with Crippen LogP contribution < -0.4 is 9.62 Å². The van der Waals surface area contributed by atoms with Crippen LogP contribution in [0.25, 0.3) is 11.1 Å². The number of nitrogens with zero attached hydrogens (tertiary/aromatic N) is 1. The van der Waals surface area contributed by atoms with E-state index >= 15 is 0 Å². The molecule has 1 aromatic heterocycles. The third kappa shape index (κ3) is 3.95. The lowest BCUT2D eigenvalue weighted by molar-refractivity contribution is 0.102. The van der Waals surface area contributed by atoms with Gasteiger partial charge in [-0.05, 0) is 52.2 Å². The molecule has 0 radical (unpaired) electrons. The van der Waals surface area contributed by atoms with Crippen LogP contribution in [0.3, 0.4) is 0 Å². The van der Waals surface area contributed by atoms with Crippen molar-refractivity contribution in [2.24, 2.45) is 0 Å². The average molecular weight is 386 g/mol. The van der Waals surface area contributed by atoms with E-state index in [1.54, 1.807) is 47.7 Å². The molecule has 0 atom stereocenters. The Morgan fingerprint density at radius 2 is 1.77 bits per heavy atom. The smallest absolute Gasteiger partial charge is 0.255 e. The topological polar surface area (TPSA) is 66.5 Å². The van der Waals surface area contributed by atoms with Gasteiger partial charge >= 0.3 is 0 Å². The molecule has 7 heteroatoms. The van der Waals surface area contributed by atoms with Crippen LogP contribution in [0.15, 0.2) is 65.4 Å². The summed E-state index contributed by atoms with van der Waals surface area (Å²) in [6.07, 6.45) is 1.13. The van der Waals surface area contributed by atoms with Crippen LogP contribution in [0.1, 0.15) is 10.4 Å². The van der Waals surface area contributed by atoms with Crippen LogP contribution in [-0.2, 0) is 10.0 Å². The van der Waals surface area contributed by atoms with Gasteiger partial charge in [0.05, 0.1) is 17.6 Å². The lowest BCUT2D eigenvalue weighted by Crippen LogP contribution is -2.26. The molecule has 1 amide bonds. The molecular formula is C19H18N2O3S2. The van der Waals surface area contributed by atoms with Crippen molar-refractivity contribution in [2.45, 2.75) is 0 Å². The van der Waals surface area contributed by atoms with E-state index in [1.165, 1.54) is 7.05 Å². The van der Waals surface area contributed by atoms with Crippen LogP contribution in [0, 0.1) is 0 Å². The molecule has 3 rings (SSSR count). The molecule has 134 valence electrons. The van der Waals surface area contributed by atoms with Crippen molar-refractivity contribution in [1.82, 2.24) is 0 Å². The van der Waals surface area contributed by atoms with Crippen molar-refractivity contribution in [3.8, 4) is 11.1 Å². The molecule has 0 bridgehead atoms. The average Bonchev–Trinajstić information content (AvgIpc) is 3.16. The highest BCUT2D eigenvalue weighted by atomic mass is 32.2. The van der Waals surface area contributed by atoms with E-state index in [2.05, 4.69) is 5.32 Å². The number of thiophene rings is 1. The van der Waals surface area contributed by atoms with E-state index < -0.39 is 10.0 Å². The van der Waals surface area contributed by atoms with Gasteiger partial charge in [0.1, 0.15) is 0 Å². The van der Waals surface area contributed by atoms with Gasteiger partial charge in [-0.3, -0.25) is 9.10 Å². The molecule has 0 aliphatic carbocycles. The van der Waals surface area contributed by atoms with Crippen molar-refractivity contribution < 1.29 is 13.2 Å². The van der Waals surface area contributed by atoms with E-state index in [1.807, 2.05) is 29.0 Å². The molecule has 0 aliphatic rings. The number of hydrogen-bond acceptors (Lipinski definition) is 4. The molecule has 0 spiro atoms. The van der Waals surface area contributed by atoms with Crippen molar-refractivity contribution in [1.29, 1.82) is 0 Å². The third-order valence-electron chi connectivity index (χ3n) is 3.97. The fraction of sp³-hybridized carbons (Fsp3) is 0.105. The first-order valence-electron chi connectivity index (χ1n) is 7.83. The summed E-state index contributed by atoms with van der Waals surface area (Å²) in [4.78, 5) is 12.6. The first-order chi connectivity index (χ1) is 12.4. The zero-order chi connectivity index (χ0) is 18.7. The van der Waals surface area contributed by atoms with Gasteiger partial charge in [0.25, 0.3) is 5.91 Å². The largest absolute Gasteiger partial charge is 0.320 e. The number of sulfonamides is 1. The summed E-state index contributed by atoms with van der Waals surface area (Å²) in [5, 5.41) is 6.80. The molecular weight excluding hydrogens is 368 g/mol. The van der Waals surface area contributed by atoms with Gasteiger partial charge in [0.2, 0.25) is 10.0 Å². The summed E-state index contributed by atoms with van der Waals surface area (Å²) >= 11 is 1.57. The molecule has 5 nitrogen and oxygen atoms in total. The van der Waals surface area contributed by atoms with Gasteiger partial charge in [-0.1, -0.05) is 24.3 Å². The van der Waals surface area contributed by atoms with E-state index in [0.29, 0.717) is 16.9 Å². The quantitative estimate of drug-likeness (QED) is 0.719. The summed E-state index contributed by atoms with van der Waals surface area (Å²) in [5.41, 5.74) is 3.27. The molecule has 3 aromatic rings. The molecule has 1 heterocycles. The second-order valence-electron chi connectivity index (χ2n) is 5.79. The van der Waals surface area contributed by atoms with E-state index in [4.69, 9.17) is 0 Å². The normalized spacial score (nSPS) is 11.2. The summed E-state index contributed by atoms with van der Waals surface area (Å²) < 4.78 is 25.1. The Bertz CT molecular complexity index is 1010. The molecule has 26 heavy (non-hydrogen) atoms. The maximum atomic E-state index is 12.6. The number of carbonyl (C=O) groups excluding carboxylic acids is 1. The fourth-order valence-corrected chi connectivity index (χ4v) is 3.66. The van der Waals surface area contributed by atoms with Crippen LogP contribution in [-0.4, -0.2) is 27.6 Å². The second kappa shape index (κ2) is 7.31. The summed E-state index contributed by atoms with van der Waals surface area (Å²) in [6.45, 7) is 0. The van der Waals surface area contributed by atoms with Crippen molar-refractivity contribution in [2.75, 3.05) is 22.9 Å². The van der Waals surface area contributed by atoms with Crippen LogP contribution in [0.4, 0.5) is 11.4 Å². The Morgan fingerprint density at radius 3 is 2.38 bits per heavy atom. The SMILES string of the molecule is CN(c1ccc(-c2ccsc2)cc1NC(=O)c1ccccc1)S(C)(=O)=O. The Kier molecular flexibility index (Phi) is 5.11. The maximum absolute atomic E-state index is 12.6. The lowest BCUT2D eigenvalue weighted by atomic mass is 10.1. The van der Waals surface area contributed by atoms with E-state index in [9.17, 15) is 13.2 Å². The zero-order valence-electron chi connectivity index (χ0n) is 14.3. The minimum absolute atomic E-state index is 0.295. The summed E-state index contributed by atoms with van der Waals surface area (Å²) in [6, 6.07) is 16.1. The predicted octanol–water partition coefficient (Wildman–Crippen LogP) is 4.06. The fourth-order valence-electron chi connectivity index (χ4n) is 2.48. The minimum atomic E-state index is -3.46. The minimum Gasteiger partial charge on any atom is -0.320 e. The Balaban J connectivity index is 2.04. The number of anilines is 2. The highest BCUT2D eigenvalue weighted by molar-refractivity contribution is 7.92. The molecule has 0 saturated carbocycles. The number of benzene rings is 2. The monoisotopic (exact) mass is 386 g/mol. The number of hydrogen-bond donors (Lipinski definition) is 1. The Labute approximate surface area is 157 Å².